The van der Waals surface area contributed by atoms with Gasteiger partial charge in [0.1, 0.15) is 0 Å². The van der Waals surface area contributed by atoms with Crippen LogP contribution in [0.25, 0.3) is 0 Å². The number of carbonyl (C=O) groups is 1. The Labute approximate surface area is 77.3 Å². The second kappa shape index (κ2) is 3.18. The number of hydrogen-bond donors (Lipinski definition) is 1. The van der Waals surface area contributed by atoms with E-state index in [-0.39, 0.29) is 11.9 Å². The highest BCUT2D eigenvalue weighted by atomic mass is 16.2. The van der Waals surface area contributed by atoms with E-state index >= 15 is 0 Å². The molecular formula is C10H12N2O. The summed E-state index contributed by atoms with van der Waals surface area (Å²) in [7, 11) is 1.76. The van der Waals surface area contributed by atoms with Gasteiger partial charge >= 0.3 is 0 Å². The van der Waals surface area contributed by atoms with Crippen LogP contribution in [0.15, 0.2) is 30.3 Å². The van der Waals surface area contributed by atoms with Gasteiger partial charge in [-0.2, -0.15) is 0 Å². The number of nitrogens with one attached hydrogen (secondary N) is 1. The van der Waals surface area contributed by atoms with Crippen LogP contribution in [0.1, 0.15) is 18.0 Å². The molecule has 3 nitrogen and oxygen atoms in total. The van der Waals surface area contributed by atoms with E-state index in [1.165, 1.54) is 5.56 Å². The van der Waals surface area contributed by atoms with Crippen molar-refractivity contribution in [2.75, 3.05) is 7.05 Å². The Balaban J connectivity index is 2.17. The van der Waals surface area contributed by atoms with Crippen LogP contribution in [0.5, 0.6) is 0 Å². The van der Waals surface area contributed by atoms with Gasteiger partial charge in [-0.25, -0.2) is 5.43 Å². The Hall–Kier alpha value is -1.35. The standard InChI is InChI=1S/C10H12N2O/c1-12-10(13)7-9(11-12)8-5-3-2-4-6-8/h2-6,9,11H,7H2,1H3. The lowest BCUT2D eigenvalue weighted by atomic mass is 10.1. The smallest absolute Gasteiger partial charge is 0.238 e. The predicted molar refractivity (Wildman–Crippen MR) is 49.7 cm³/mol. The molecule has 0 bridgehead atoms. The first-order valence-electron chi connectivity index (χ1n) is 4.35. The average molecular weight is 176 g/mol. The molecule has 1 aromatic rings. The van der Waals surface area contributed by atoms with Crippen LogP contribution in [-0.2, 0) is 4.79 Å². The Bertz CT molecular complexity index is 310. The van der Waals surface area contributed by atoms with Crippen molar-refractivity contribution in [2.24, 2.45) is 0 Å². The fourth-order valence-electron chi connectivity index (χ4n) is 1.54. The molecule has 1 fully saturated rings. The third-order valence-corrected chi connectivity index (χ3v) is 2.30. The number of hydrogen-bond acceptors (Lipinski definition) is 2. The Morgan fingerprint density at radius 2 is 2.08 bits per heavy atom. The lowest BCUT2D eigenvalue weighted by Gasteiger charge is -2.12. The van der Waals surface area contributed by atoms with Gasteiger partial charge in [-0.1, -0.05) is 30.3 Å². The molecule has 0 saturated carbocycles. The minimum atomic E-state index is 0.147. The van der Waals surface area contributed by atoms with Crippen molar-refractivity contribution in [1.29, 1.82) is 0 Å². The molecule has 3 heteroatoms. The molecule has 1 saturated heterocycles. The number of benzene rings is 1. The van der Waals surface area contributed by atoms with E-state index in [1.54, 1.807) is 12.1 Å². The maximum Gasteiger partial charge on any atom is 0.238 e. The molecule has 1 N–H and O–H groups in total. The molecule has 2 rings (SSSR count). The molecule has 1 aromatic carbocycles. The molecule has 1 aliphatic heterocycles. The molecule has 0 aliphatic carbocycles. The van der Waals surface area contributed by atoms with E-state index in [1.807, 2.05) is 30.3 Å². The van der Waals surface area contributed by atoms with Crippen LogP contribution in [0.4, 0.5) is 0 Å². The first-order valence-corrected chi connectivity index (χ1v) is 4.35. The Morgan fingerprint density at radius 1 is 1.38 bits per heavy atom. The van der Waals surface area contributed by atoms with Gasteiger partial charge in [-0.15, -0.1) is 0 Å². The average Bonchev–Trinajstić information content (AvgIpc) is 2.49. The van der Waals surface area contributed by atoms with Crippen LogP contribution in [0, 0.1) is 0 Å². The molecule has 0 spiro atoms. The summed E-state index contributed by atoms with van der Waals surface area (Å²) in [5, 5.41) is 1.55. The fraction of sp³-hybridized carbons (Fsp3) is 0.300. The largest absolute Gasteiger partial charge is 0.281 e. The predicted octanol–water partition coefficient (Wildman–Crippen LogP) is 1.09. The summed E-state index contributed by atoms with van der Waals surface area (Å²) < 4.78 is 0. The van der Waals surface area contributed by atoms with E-state index in [2.05, 4.69) is 5.43 Å². The zero-order chi connectivity index (χ0) is 9.26. The summed E-state index contributed by atoms with van der Waals surface area (Å²) in [6, 6.07) is 10.2. The number of amides is 1. The molecule has 1 unspecified atom stereocenters. The number of rotatable bonds is 1. The fourth-order valence-corrected chi connectivity index (χ4v) is 1.54. The van der Waals surface area contributed by atoms with Crippen molar-refractivity contribution < 1.29 is 4.79 Å². The van der Waals surface area contributed by atoms with Crippen LogP contribution in [0.3, 0.4) is 0 Å². The first-order chi connectivity index (χ1) is 6.27. The molecule has 0 aromatic heterocycles. The Kier molecular flexibility index (Phi) is 2.02. The van der Waals surface area contributed by atoms with Crippen LogP contribution in [0.2, 0.25) is 0 Å². The van der Waals surface area contributed by atoms with Gasteiger partial charge in [0.2, 0.25) is 5.91 Å². The van der Waals surface area contributed by atoms with Crippen LogP contribution in [-0.4, -0.2) is 18.0 Å². The van der Waals surface area contributed by atoms with E-state index in [0.717, 1.165) is 0 Å². The molecule has 1 amide bonds. The number of carbonyl (C=O) groups excluding carboxylic acids is 1. The van der Waals surface area contributed by atoms with Crippen molar-refractivity contribution >= 4 is 5.91 Å². The first kappa shape index (κ1) is 8.26. The normalized spacial score (nSPS) is 22.4. The second-order valence-electron chi connectivity index (χ2n) is 3.25. The van der Waals surface area contributed by atoms with Gasteiger partial charge in [0, 0.05) is 13.5 Å². The molecule has 0 radical (unpaired) electrons. The molecule has 1 heterocycles. The molecule has 1 atom stereocenters. The second-order valence-corrected chi connectivity index (χ2v) is 3.25. The topological polar surface area (TPSA) is 32.3 Å². The van der Waals surface area contributed by atoms with Crippen molar-refractivity contribution in [3.63, 3.8) is 0 Å². The molecule has 1 aliphatic rings. The van der Waals surface area contributed by atoms with Crippen LogP contribution >= 0.6 is 0 Å². The van der Waals surface area contributed by atoms with Gasteiger partial charge in [0.05, 0.1) is 6.04 Å². The van der Waals surface area contributed by atoms with Gasteiger partial charge in [-0.05, 0) is 5.56 Å². The Morgan fingerprint density at radius 3 is 2.62 bits per heavy atom. The van der Waals surface area contributed by atoms with Gasteiger partial charge in [0.15, 0.2) is 0 Å². The SMILES string of the molecule is CN1NC(c2ccccc2)CC1=O. The van der Waals surface area contributed by atoms with Crippen molar-refractivity contribution in [1.82, 2.24) is 10.4 Å². The van der Waals surface area contributed by atoms with E-state index in [9.17, 15) is 4.79 Å². The maximum atomic E-state index is 11.2. The minimum Gasteiger partial charge on any atom is -0.281 e. The summed E-state index contributed by atoms with van der Waals surface area (Å²) in [4.78, 5) is 11.2. The van der Waals surface area contributed by atoms with Gasteiger partial charge in [-0.3, -0.25) is 9.80 Å². The third kappa shape index (κ3) is 1.55. The summed E-state index contributed by atoms with van der Waals surface area (Å²) >= 11 is 0. The van der Waals surface area contributed by atoms with Crippen molar-refractivity contribution in [3.05, 3.63) is 35.9 Å². The highest BCUT2D eigenvalue weighted by Crippen LogP contribution is 2.21. The quantitative estimate of drug-likeness (QED) is 0.694. The van der Waals surface area contributed by atoms with Crippen molar-refractivity contribution in [2.45, 2.75) is 12.5 Å². The van der Waals surface area contributed by atoms with E-state index < -0.39 is 0 Å². The summed E-state index contributed by atoms with van der Waals surface area (Å²) in [5.74, 6) is 0.147. The monoisotopic (exact) mass is 176 g/mol. The number of nitrogens with zero attached hydrogens (tertiary/aromatic N) is 1. The minimum absolute atomic E-state index is 0.147. The maximum absolute atomic E-state index is 11.2. The van der Waals surface area contributed by atoms with Gasteiger partial charge < -0.3 is 0 Å². The summed E-state index contributed by atoms with van der Waals surface area (Å²) in [6.07, 6.45) is 0.556. The van der Waals surface area contributed by atoms with Crippen molar-refractivity contribution in [3.8, 4) is 0 Å². The third-order valence-electron chi connectivity index (χ3n) is 2.30. The molecular weight excluding hydrogens is 164 g/mol. The molecule has 68 valence electrons. The van der Waals surface area contributed by atoms with E-state index in [4.69, 9.17) is 0 Å². The highest BCUT2D eigenvalue weighted by Gasteiger charge is 2.26. The summed E-state index contributed by atoms with van der Waals surface area (Å²) in [6.45, 7) is 0. The zero-order valence-electron chi connectivity index (χ0n) is 7.53. The number of hydrazine groups is 1. The lowest BCUT2D eigenvalue weighted by Crippen LogP contribution is -2.30. The zero-order valence-corrected chi connectivity index (χ0v) is 7.53. The lowest BCUT2D eigenvalue weighted by molar-refractivity contribution is -0.128. The summed E-state index contributed by atoms with van der Waals surface area (Å²) in [5.41, 5.74) is 4.27. The van der Waals surface area contributed by atoms with Gasteiger partial charge in [0.25, 0.3) is 0 Å². The van der Waals surface area contributed by atoms with E-state index in [0.29, 0.717) is 6.42 Å². The van der Waals surface area contributed by atoms with Crippen LogP contribution < -0.4 is 5.43 Å². The molecule has 13 heavy (non-hydrogen) atoms. The highest BCUT2D eigenvalue weighted by molar-refractivity contribution is 5.78.